The number of carbonyl (C=O) groups excluding carboxylic acids is 1. The number of hydrogen-bond donors (Lipinski definition) is 2. The number of fused-ring (bicyclic) bond motifs is 2. The Labute approximate surface area is 168 Å². The molecular formula is C20H17F3N6O. The zero-order valence-corrected chi connectivity index (χ0v) is 15.9. The molecule has 1 fully saturated rings. The lowest BCUT2D eigenvalue weighted by atomic mass is 10.1. The maximum absolute atomic E-state index is 13.3. The SMILES string of the molecule is Cc1cc(-c2ccc3nc[nH]c3c2)nc2c(C(=O)NC(C3CC3)C(F)(F)F)cnn12. The van der Waals surface area contributed by atoms with Gasteiger partial charge in [0.1, 0.15) is 11.6 Å². The Morgan fingerprint density at radius 3 is 2.83 bits per heavy atom. The highest BCUT2D eigenvalue weighted by molar-refractivity contribution is 6.00. The van der Waals surface area contributed by atoms with Gasteiger partial charge in [0, 0.05) is 11.3 Å². The van der Waals surface area contributed by atoms with Gasteiger partial charge in [0.15, 0.2) is 5.65 Å². The van der Waals surface area contributed by atoms with Gasteiger partial charge in [-0.15, -0.1) is 0 Å². The van der Waals surface area contributed by atoms with Gasteiger partial charge >= 0.3 is 6.18 Å². The minimum Gasteiger partial charge on any atom is -0.345 e. The number of hydrogen-bond acceptors (Lipinski definition) is 4. The van der Waals surface area contributed by atoms with Crippen LogP contribution in [-0.4, -0.2) is 42.7 Å². The van der Waals surface area contributed by atoms with Gasteiger partial charge in [-0.05, 0) is 43.9 Å². The van der Waals surface area contributed by atoms with E-state index in [4.69, 9.17) is 0 Å². The molecule has 1 unspecified atom stereocenters. The van der Waals surface area contributed by atoms with Crippen molar-refractivity contribution in [1.29, 1.82) is 0 Å². The molecule has 1 aromatic carbocycles. The van der Waals surface area contributed by atoms with Crippen LogP contribution in [0.15, 0.2) is 36.8 Å². The molecule has 1 aliphatic carbocycles. The van der Waals surface area contributed by atoms with Crippen LogP contribution < -0.4 is 5.32 Å². The molecule has 0 saturated heterocycles. The van der Waals surface area contributed by atoms with E-state index in [0.29, 0.717) is 24.2 Å². The summed E-state index contributed by atoms with van der Waals surface area (Å²) in [6, 6.07) is 5.53. The van der Waals surface area contributed by atoms with Gasteiger partial charge in [0.05, 0.1) is 29.3 Å². The monoisotopic (exact) mass is 414 g/mol. The van der Waals surface area contributed by atoms with Crippen molar-refractivity contribution < 1.29 is 18.0 Å². The lowest BCUT2D eigenvalue weighted by Crippen LogP contribution is -2.46. The third-order valence-corrected chi connectivity index (χ3v) is 5.34. The van der Waals surface area contributed by atoms with Crippen LogP contribution in [0.5, 0.6) is 0 Å². The van der Waals surface area contributed by atoms with E-state index in [1.807, 2.05) is 24.3 Å². The second-order valence-corrected chi connectivity index (χ2v) is 7.54. The van der Waals surface area contributed by atoms with Crippen LogP contribution in [0.2, 0.25) is 0 Å². The molecule has 3 aromatic heterocycles. The zero-order valence-electron chi connectivity index (χ0n) is 15.9. The third-order valence-electron chi connectivity index (χ3n) is 5.34. The quantitative estimate of drug-likeness (QED) is 0.534. The number of aromatic nitrogens is 5. The second-order valence-electron chi connectivity index (χ2n) is 7.54. The number of carbonyl (C=O) groups is 1. The number of aromatic amines is 1. The number of alkyl halides is 3. The van der Waals surface area contributed by atoms with Crippen molar-refractivity contribution in [3.8, 4) is 11.3 Å². The lowest BCUT2D eigenvalue weighted by molar-refractivity contribution is -0.158. The molecule has 1 saturated carbocycles. The maximum Gasteiger partial charge on any atom is 0.408 e. The summed E-state index contributed by atoms with van der Waals surface area (Å²) in [6.07, 6.45) is -0.735. The van der Waals surface area contributed by atoms with Gasteiger partial charge in [-0.3, -0.25) is 4.79 Å². The topological polar surface area (TPSA) is 88.0 Å². The maximum atomic E-state index is 13.3. The summed E-state index contributed by atoms with van der Waals surface area (Å²) in [5, 5.41) is 6.28. The number of nitrogens with one attached hydrogen (secondary N) is 2. The van der Waals surface area contributed by atoms with E-state index in [0.717, 1.165) is 16.6 Å². The molecule has 4 aromatic rings. The second kappa shape index (κ2) is 6.54. The van der Waals surface area contributed by atoms with Gasteiger partial charge in [0.25, 0.3) is 5.91 Å². The Morgan fingerprint density at radius 2 is 2.10 bits per heavy atom. The molecular weight excluding hydrogens is 397 g/mol. The van der Waals surface area contributed by atoms with E-state index >= 15 is 0 Å². The average molecular weight is 414 g/mol. The van der Waals surface area contributed by atoms with Gasteiger partial charge in [-0.25, -0.2) is 14.5 Å². The van der Waals surface area contributed by atoms with Crippen LogP contribution >= 0.6 is 0 Å². The molecule has 3 heterocycles. The van der Waals surface area contributed by atoms with Crippen LogP contribution in [0.4, 0.5) is 13.2 Å². The molecule has 1 atom stereocenters. The van der Waals surface area contributed by atoms with Crippen molar-refractivity contribution in [2.24, 2.45) is 5.92 Å². The van der Waals surface area contributed by atoms with Crippen molar-refractivity contribution in [3.05, 3.63) is 48.0 Å². The summed E-state index contributed by atoms with van der Waals surface area (Å²) in [6.45, 7) is 1.80. The highest BCUT2D eigenvalue weighted by Gasteiger charge is 2.49. The number of H-pyrrole nitrogens is 1. The van der Waals surface area contributed by atoms with Crippen molar-refractivity contribution in [1.82, 2.24) is 29.9 Å². The van der Waals surface area contributed by atoms with Crippen LogP contribution in [0.25, 0.3) is 27.9 Å². The fourth-order valence-electron chi connectivity index (χ4n) is 3.63. The van der Waals surface area contributed by atoms with Crippen molar-refractivity contribution in [2.45, 2.75) is 32.0 Å². The highest BCUT2D eigenvalue weighted by atomic mass is 19.4. The number of rotatable bonds is 4. The first-order valence-corrected chi connectivity index (χ1v) is 9.48. The smallest absolute Gasteiger partial charge is 0.345 e. The van der Waals surface area contributed by atoms with Crippen LogP contribution in [0.1, 0.15) is 28.9 Å². The lowest BCUT2D eigenvalue weighted by Gasteiger charge is -2.20. The summed E-state index contributed by atoms with van der Waals surface area (Å²) >= 11 is 0. The summed E-state index contributed by atoms with van der Waals surface area (Å²) in [7, 11) is 0. The Kier molecular flexibility index (Phi) is 4.05. The molecule has 5 rings (SSSR count). The first kappa shape index (κ1) is 18.6. The van der Waals surface area contributed by atoms with E-state index < -0.39 is 24.0 Å². The van der Waals surface area contributed by atoms with Gasteiger partial charge in [-0.2, -0.15) is 18.3 Å². The average Bonchev–Trinajstić information content (AvgIpc) is 3.24. The summed E-state index contributed by atoms with van der Waals surface area (Å²) in [4.78, 5) is 24.4. The number of aryl methyl sites for hydroxylation is 1. The number of halogens is 3. The van der Waals surface area contributed by atoms with E-state index in [1.54, 1.807) is 13.3 Å². The standard InChI is InChI=1S/C20H17F3N6O/c1-10-6-15(12-4-5-14-16(7-12)25-9-24-14)27-18-13(8-26-29(10)18)19(30)28-17(11-2-3-11)20(21,22)23/h4-9,11,17H,2-3H2,1H3,(H,24,25)(H,28,30). The Morgan fingerprint density at radius 1 is 1.30 bits per heavy atom. The predicted octanol–water partition coefficient (Wildman–Crippen LogP) is 3.65. The Hall–Kier alpha value is -3.43. The first-order chi connectivity index (χ1) is 14.3. The van der Waals surface area contributed by atoms with Crippen molar-refractivity contribution in [3.63, 3.8) is 0 Å². The van der Waals surface area contributed by atoms with E-state index in [9.17, 15) is 18.0 Å². The Bertz CT molecular complexity index is 1270. The molecule has 7 nitrogen and oxygen atoms in total. The van der Waals surface area contributed by atoms with Crippen molar-refractivity contribution in [2.75, 3.05) is 0 Å². The van der Waals surface area contributed by atoms with Gasteiger partial charge < -0.3 is 10.3 Å². The first-order valence-electron chi connectivity index (χ1n) is 9.48. The van der Waals surface area contributed by atoms with Crippen LogP contribution in [0, 0.1) is 12.8 Å². The molecule has 154 valence electrons. The molecule has 0 spiro atoms. The molecule has 1 amide bonds. The molecule has 1 aliphatic rings. The number of nitrogens with zero attached hydrogens (tertiary/aromatic N) is 4. The fraction of sp³-hybridized carbons (Fsp3) is 0.300. The van der Waals surface area contributed by atoms with E-state index in [2.05, 4.69) is 25.4 Å². The fourth-order valence-corrected chi connectivity index (χ4v) is 3.63. The largest absolute Gasteiger partial charge is 0.408 e. The van der Waals surface area contributed by atoms with Gasteiger partial charge in [-0.1, -0.05) is 6.07 Å². The highest BCUT2D eigenvalue weighted by Crippen LogP contribution is 2.40. The molecule has 0 radical (unpaired) electrons. The molecule has 0 aliphatic heterocycles. The third kappa shape index (κ3) is 3.17. The number of imidazole rings is 1. The van der Waals surface area contributed by atoms with Crippen molar-refractivity contribution >= 4 is 22.6 Å². The molecule has 30 heavy (non-hydrogen) atoms. The number of benzene rings is 1. The minimum absolute atomic E-state index is 0.0115. The molecule has 10 heteroatoms. The molecule has 2 N–H and O–H groups in total. The zero-order chi connectivity index (χ0) is 21.0. The summed E-state index contributed by atoms with van der Waals surface area (Å²) in [5.74, 6) is -1.39. The van der Waals surface area contributed by atoms with E-state index in [-0.39, 0.29) is 11.2 Å². The Balaban J connectivity index is 1.54. The normalized spacial score (nSPS) is 15.6. The van der Waals surface area contributed by atoms with Crippen LogP contribution in [-0.2, 0) is 0 Å². The van der Waals surface area contributed by atoms with Crippen LogP contribution in [0.3, 0.4) is 0 Å². The molecule has 0 bridgehead atoms. The predicted molar refractivity (Wildman–Crippen MR) is 103 cm³/mol. The summed E-state index contributed by atoms with van der Waals surface area (Å²) in [5.41, 5.74) is 3.93. The van der Waals surface area contributed by atoms with E-state index in [1.165, 1.54) is 10.7 Å². The summed E-state index contributed by atoms with van der Waals surface area (Å²) < 4.78 is 41.4. The number of amides is 1. The minimum atomic E-state index is -4.49. The van der Waals surface area contributed by atoms with Gasteiger partial charge in [0.2, 0.25) is 0 Å².